The number of anilines is 1. The summed E-state index contributed by atoms with van der Waals surface area (Å²) in [6, 6.07) is 21.0. The number of urea groups is 1. The molecule has 2 aliphatic rings. The number of fused-ring (bicyclic) bond motifs is 2. The van der Waals surface area contributed by atoms with E-state index in [1.807, 2.05) is 71.5 Å². The number of nitrogens with one attached hydrogen (secondary N) is 2. The summed E-state index contributed by atoms with van der Waals surface area (Å²) in [7, 11) is 4.11. The second-order valence-electron chi connectivity index (χ2n) is 13.0. The number of hydrogen-bond acceptors (Lipinski definition) is 5. The van der Waals surface area contributed by atoms with Gasteiger partial charge in [0.05, 0.1) is 0 Å². The summed E-state index contributed by atoms with van der Waals surface area (Å²) in [5, 5.41) is 4.92. The van der Waals surface area contributed by atoms with Crippen molar-refractivity contribution in [2.45, 2.75) is 49.1 Å². The number of H-pyrrole nitrogens is 1. The van der Waals surface area contributed by atoms with Gasteiger partial charge in [-0.05, 0) is 92.3 Å². The Kier molecular flexibility index (Phi) is 10.3. The number of likely N-dealkylation sites (tertiary alicyclic amines) is 1. The first-order valence-electron chi connectivity index (χ1n) is 16.4. The van der Waals surface area contributed by atoms with Crippen molar-refractivity contribution in [3.63, 3.8) is 0 Å². The zero-order valence-corrected chi connectivity index (χ0v) is 29.1. The molecule has 0 unspecified atom stereocenters. The van der Waals surface area contributed by atoms with E-state index < -0.39 is 6.04 Å². The normalized spacial score (nSPS) is 18.2. The lowest BCUT2D eigenvalue weighted by Gasteiger charge is -2.39. The van der Waals surface area contributed by atoms with Crippen LogP contribution in [0.1, 0.15) is 36.8 Å². The number of piperidine rings is 1. The monoisotopic (exact) mass is 673 g/mol. The molecule has 0 spiro atoms. The van der Waals surface area contributed by atoms with Crippen molar-refractivity contribution in [3.05, 3.63) is 89.1 Å². The number of aromatic amines is 1. The van der Waals surface area contributed by atoms with Gasteiger partial charge in [0, 0.05) is 77.6 Å². The topological polar surface area (TPSA) is 80.9 Å². The number of halogens is 1. The van der Waals surface area contributed by atoms with Crippen molar-refractivity contribution in [2.24, 2.45) is 5.92 Å². The highest BCUT2D eigenvalue weighted by Crippen LogP contribution is 2.35. The van der Waals surface area contributed by atoms with E-state index in [1.165, 1.54) is 4.90 Å². The lowest BCUT2D eigenvalue weighted by atomic mass is 9.88. The first kappa shape index (κ1) is 33.2. The molecular formula is C37H44ClN5O3S. The van der Waals surface area contributed by atoms with E-state index in [0.29, 0.717) is 24.7 Å². The highest BCUT2D eigenvalue weighted by Gasteiger charge is 2.38. The van der Waals surface area contributed by atoms with Gasteiger partial charge in [-0.1, -0.05) is 36.7 Å². The van der Waals surface area contributed by atoms with Crippen LogP contribution in [0.15, 0.2) is 77.8 Å². The van der Waals surface area contributed by atoms with Gasteiger partial charge < -0.3 is 29.7 Å². The molecule has 0 aliphatic carbocycles. The molecule has 0 radical (unpaired) electrons. The quantitative estimate of drug-likeness (QED) is 0.187. The van der Waals surface area contributed by atoms with Crippen LogP contribution < -0.4 is 15.0 Å². The Balaban J connectivity index is 1.23. The van der Waals surface area contributed by atoms with E-state index in [-0.39, 0.29) is 29.9 Å². The van der Waals surface area contributed by atoms with Crippen LogP contribution >= 0.6 is 23.4 Å². The molecule has 6 rings (SSSR count). The Morgan fingerprint density at radius 3 is 2.55 bits per heavy atom. The first-order chi connectivity index (χ1) is 22.7. The van der Waals surface area contributed by atoms with Crippen LogP contribution in [0.4, 0.5) is 10.5 Å². The van der Waals surface area contributed by atoms with Crippen LogP contribution in [0, 0.1) is 5.92 Å². The van der Waals surface area contributed by atoms with Crippen LogP contribution in [-0.2, 0) is 11.2 Å². The number of ether oxygens (including phenoxy) is 1. The molecule has 1 saturated heterocycles. The van der Waals surface area contributed by atoms with Gasteiger partial charge in [0.2, 0.25) is 5.91 Å². The van der Waals surface area contributed by atoms with Crippen LogP contribution in [0.5, 0.6) is 5.75 Å². The van der Waals surface area contributed by atoms with Gasteiger partial charge in [-0.25, -0.2) is 4.79 Å². The summed E-state index contributed by atoms with van der Waals surface area (Å²) < 4.78 is 6.24. The predicted octanol–water partition coefficient (Wildman–Crippen LogP) is 7.04. The Morgan fingerprint density at radius 2 is 1.83 bits per heavy atom. The Hall–Kier alpha value is -3.66. The predicted molar refractivity (Wildman–Crippen MR) is 192 cm³/mol. The summed E-state index contributed by atoms with van der Waals surface area (Å²) in [6.45, 7) is 4.54. The van der Waals surface area contributed by atoms with Crippen molar-refractivity contribution >= 4 is 51.9 Å². The van der Waals surface area contributed by atoms with Gasteiger partial charge in [-0.2, -0.15) is 0 Å². The highest BCUT2D eigenvalue weighted by atomic mass is 35.5. The molecule has 2 aliphatic heterocycles. The fraction of sp³-hybridized carbons (Fsp3) is 0.405. The Bertz CT molecular complexity index is 1700. The lowest BCUT2D eigenvalue weighted by Crippen LogP contribution is -2.57. The minimum Gasteiger partial charge on any atom is -0.490 e. The second-order valence-corrected chi connectivity index (χ2v) is 14.4. The number of benzene rings is 3. The van der Waals surface area contributed by atoms with Crippen molar-refractivity contribution in [3.8, 4) is 5.75 Å². The molecule has 3 atom stereocenters. The van der Waals surface area contributed by atoms with Crippen molar-refractivity contribution in [1.82, 2.24) is 20.1 Å². The maximum atomic E-state index is 14.8. The van der Waals surface area contributed by atoms with E-state index in [2.05, 4.69) is 53.8 Å². The van der Waals surface area contributed by atoms with Crippen LogP contribution in [0.25, 0.3) is 10.9 Å². The zero-order valence-electron chi connectivity index (χ0n) is 27.5. The number of carbonyl (C=O) groups is 2. The van der Waals surface area contributed by atoms with Gasteiger partial charge in [-0.3, -0.25) is 4.79 Å². The van der Waals surface area contributed by atoms with Gasteiger partial charge in [0.1, 0.15) is 17.9 Å². The number of amides is 3. The van der Waals surface area contributed by atoms with Crippen molar-refractivity contribution < 1.29 is 14.3 Å². The minimum absolute atomic E-state index is 0.0343. The molecular weight excluding hydrogens is 630 g/mol. The third-order valence-electron chi connectivity index (χ3n) is 9.42. The van der Waals surface area contributed by atoms with Gasteiger partial charge in [-0.15, -0.1) is 11.8 Å². The second kappa shape index (κ2) is 14.6. The summed E-state index contributed by atoms with van der Waals surface area (Å²) in [6.07, 6.45) is 6.34. The number of rotatable bonds is 9. The van der Waals surface area contributed by atoms with E-state index in [9.17, 15) is 9.59 Å². The van der Waals surface area contributed by atoms with E-state index in [0.717, 1.165) is 59.3 Å². The maximum absolute atomic E-state index is 14.8. The molecule has 3 aromatic carbocycles. The van der Waals surface area contributed by atoms with Crippen LogP contribution in [0.3, 0.4) is 0 Å². The number of nitrogens with zero attached hydrogens (tertiary/aromatic N) is 3. The molecule has 3 heterocycles. The average Bonchev–Trinajstić information content (AvgIpc) is 3.51. The summed E-state index contributed by atoms with van der Waals surface area (Å²) in [5.74, 6) is 0.669. The molecule has 2 N–H and O–H groups in total. The first-order valence-corrected chi connectivity index (χ1v) is 18.0. The van der Waals surface area contributed by atoms with Gasteiger partial charge in [0.25, 0.3) is 0 Å². The Morgan fingerprint density at radius 1 is 1.09 bits per heavy atom. The maximum Gasteiger partial charge on any atom is 0.318 e. The van der Waals surface area contributed by atoms with E-state index in [1.54, 1.807) is 11.8 Å². The molecule has 0 bridgehead atoms. The van der Waals surface area contributed by atoms with Crippen molar-refractivity contribution in [2.75, 3.05) is 51.4 Å². The molecule has 10 heteroatoms. The number of thioether (sulfide) groups is 1. The molecule has 8 nitrogen and oxygen atoms in total. The summed E-state index contributed by atoms with van der Waals surface area (Å²) in [4.78, 5) is 39.1. The SMILES string of the molecule is CSc1ccc(OC2CCN(C(=O)N[C@@H](C(=O)N3C[C@@H](CN(C)C)Cc4cc(Cl)ccc43)[C@@H](C)c3c[nH]c4ccccc34)CC2)cc1. The van der Waals surface area contributed by atoms with Crippen molar-refractivity contribution in [1.29, 1.82) is 0 Å². The minimum atomic E-state index is -0.785. The van der Waals surface area contributed by atoms with E-state index >= 15 is 0 Å². The fourth-order valence-electron chi connectivity index (χ4n) is 7.03. The largest absolute Gasteiger partial charge is 0.490 e. The number of carbonyl (C=O) groups excluding carboxylic acids is 2. The average molecular weight is 674 g/mol. The summed E-state index contributed by atoms with van der Waals surface area (Å²) in [5.41, 5.74) is 3.92. The fourth-order valence-corrected chi connectivity index (χ4v) is 7.63. The smallest absolute Gasteiger partial charge is 0.318 e. The Labute approximate surface area is 286 Å². The molecule has 47 heavy (non-hydrogen) atoms. The molecule has 3 amide bonds. The highest BCUT2D eigenvalue weighted by molar-refractivity contribution is 7.98. The van der Waals surface area contributed by atoms with Gasteiger partial charge in [0.15, 0.2) is 0 Å². The molecule has 0 saturated carbocycles. The number of para-hydroxylation sites is 1. The molecule has 248 valence electrons. The molecule has 4 aromatic rings. The van der Waals surface area contributed by atoms with E-state index in [4.69, 9.17) is 16.3 Å². The number of hydrogen-bond donors (Lipinski definition) is 2. The van der Waals surface area contributed by atoms with Gasteiger partial charge >= 0.3 is 6.03 Å². The van der Waals surface area contributed by atoms with Crippen LogP contribution in [0.2, 0.25) is 5.02 Å². The lowest BCUT2D eigenvalue weighted by molar-refractivity contribution is -0.121. The summed E-state index contributed by atoms with van der Waals surface area (Å²) >= 11 is 8.13. The molecule has 1 aromatic heterocycles. The van der Waals surface area contributed by atoms with Crippen LogP contribution in [-0.4, -0.2) is 85.4 Å². The third-order valence-corrected chi connectivity index (χ3v) is 10.4. The molecule has 1 fully saturated rings. The zero-order chi connectivity index (χ0) is 33.1. The standard InChI is InChI=1S/C37H44ClN5O3S/c1-24(32-21-39-33-8-6-5-7-31(32)33)35(36(44)43-23-25(22-41(2)3)19-26-20-27(38)9-14-34(26)43)40-37(45)42-17-15-29(16-18-42)46-28-10-12-30(47-4)13-11-28/h5-14,20-21,24-25,29,35,39H,15-19,22-23H2,1-4H3,(H,40,45)/t24-,25+,35+/m0/s1. The number of aromatic nitrogens is 1. The third kappa shape index (κ3) is 7.58.